The minimum atomic E-state index is 0.425. The Morgan fingerprint density at radius 1 is 1.31 bits per heavy atom. The Balaban J connectivity index is 2.60. The van der Waals surface area contributed by atoms with Crippen molar-refractivity contribution in [2.45, 2.75) is 64.7 Å². The highest BCUT2D eigenvalue weighted by molar-refractivity contribution is 5.44. The van der Waals surface area contributed by atoms with E-state index in [1.165, 1.54) is 25.7 Å². The van der Waals surface area contributed by atoms with Crippen LogP contribution in [0.5, 0.6) is 0 Å². The van der Waals surface area contributed by atoms with Crippen LogP contribution in [-0.4, -0.2) is 0 Å². The molecule has 0 spiro atoms. The summed E-state index contributed by atoms with van der Waals surface area (Å²) in [6, 6.07) is 6.92. The molecule has 1 atom stereocenters. The van der Waals surface area contributed by atoms with Gasteiger partial charge in [-0.05, 0) is 53.7 Å². The maximum Gasteiger partial charge on any atom is -0.00722 e. The highest BCUT2D eigenvalue weighted by Gasteiger charge is 2.32. The number of aryl methyl sites for hydroxylation is 1. The van der Waals surface area contributed by atoms with Gasteiger partial charge in [0.15, 0.2) is 0 Å². The second kappa shape index (κ2) is 4.24. The standard InChI is InChI=1S/C16H24/c1-5-16(4)11-7-9-13-8-6-10-14(12(2)3)15(13)16/h6,8,10,12H,5,7,9,11H2,1-4H3. The minimum Gasteiger partial charge on any atom is -0.0645 e. The van der Waals surface area contributed by atoms with Gasteiger partial charge in [0.2, 0.25) is 0 Å². The van der Waals surface area contributed by atoms with Crippen molar-refractivity contribution >= 4 is 0 Å². The van der Waals surface area contributed by atoms with Crippen molar-refractivity contribution in [3.63, 3.8) is 0 Å². The van der Waals surface area contributed by atoms with Crippen LogP contribution in [0.25, 0.3) is 0 Å². The van der Waals surface area contributed by atoms with Gasteiger partial charge in [-0.1, -0.05) is 45.9 Å². The van der Waals surface area contributed by atoms with Crippen LogP contribution in [0.1, 0.15) is 69.6 Å². The van der Waals surface area contributed by atoms with Crippen LogP contribution in [0.2, 0.25) is 0 Å². The molecule has 88 valence electrons. The molecule has 0 heterocycles. The van der Waals surface area contributed by atoms with Gasteiger partial charge in [0.05, 0.1) is 0 Å². The summed E-state index contributed by atoms with van der Waals surface area (Å²) in [5.41, 5.74) is 5.30. The molecular weight excluding hydrogens is 192 g/mol. The van der Waals surface area contributed by atoms with Crippen LogP contribution >= 0.6 is 0 Å². The highest BCUT2D eigenvalue weighted by atomic mass is 14.4. The predicted octanol–water partition coefficient (Wildman–Crippen LogP) is 4.81. The molecule has 0 aromatic heterocycles. The van der Waals surface area contributed by atoms with Gasteiger partial charge in [-0.3, -0.25) is 0 Å². The number of rotatable bonds is 2. The molecule has 1 aromatic rings. The van der Waals surface area contributed by atoms with Crippen molar-refractivity contribution in [1.82, 2.24) is 0 Å². The van der Waals surface area contributed by atoms with E-state index >= 15 is 0 Å². The molecule has 0 N–H and O–H groups in total. The molecule has 2 rings (SSSR count). The highest BCUT2D eigenvalue weighted by Crippen LogP contribution is 2.43. The van der Waals surface area contributed by atoms with Gasteiger partial charge in [0, 0.05) is 0 Å². The zero-order valence-electron chi connectivity index (χ0n) is 11.1. The van der Waals surface area contributed by atoms with Gasteiger partial charge in [-0.2, -0.15) is 0 Å². The normalized spacial score (nSPS) is 24.6. The Bertz CT molecular complexity index is 376. The summed E-state index contributed by atoms with van der Waals surface area (Å²) < 4.78 is 0. The maximum absolute atomic E-state index is 2.46. The Kier molecular flexibility index (Phi) is 3.10. The molecule has 1 aliphatic rings. The molecule has 0 bridgehead atoms. The minimum absolute atomic E-state index is 0.425. The smallest absolute Gasteiger partial charge is 0.00722 e. The lowest BCUT2D eigenvalue weighted by molar-refractivity contribution is 0.377. The Morgan fingerprint density at radius 3 is 2.69 bits per heavy atom. The van der Waals surface area contributed by atoms with Crippen molar-refractivity contribution in [3.8, 4) is 0 Å². The van der Waals surface area contributed by atoms with Crippen LogP contribution in [0.4, 0.5) is 0 Å². The lowest BCUT2D eigenvalue weighted by Crippen LogP contribution is -2.28. The summed E-state index contributed by atoms with van der Waals surface area (Å²) in [4.78, 5) is 0. The first-order valence-corrected chi connectivity index (χ1v) is 6.71. The average Bonchev–Trinajstić information content (AvgIpc) is 2.28. The molecule has 0 amide bonds. The van der Waals surface area contributed by atoms with Gasteiger partial charge in [0.1, 0.15) is 0 Å². The van der Waals surface area contributed by atoms with Crippen LogP contribution in [0, 0.1) is 0 Å². The molecule has 1 unspecified atom stereocenters. The van der Waals surface area contributed by atoms with E-state index in [1.807, 2.05) is 0 Å². The van der Waals surface area contributed by atoms with Crippen molar-refractivity contribution in [2.24, 2.45) is 0 Å². The molecule has 16 heavy (non-hydrogen) atoms. The second-order valence-corrected chi connectivity index (χ2v) is 5.80. The van der Waals surface area contributed by atoms with Crippen molar-refractivity contribution in [2.75, 3.05) is 0 Å². The van der Waals surface area contributed by atoms with Crippen LogP contribution in [0.3, 0.4) is 0 Å². The van der Waals surface area contributed by atoms with Gasteiger partial charge in [-0.15, -0.1) is 0 Å². The molecule has 0 heteroatoms. The summed E-state index contributed by atoms with van der Waals surface area (Å²) >= 11 is 0. The van der Waals surface area contributed by atoms with Gasteiger partial charge in [-0.25, -0.2) is 0 Å². The molecule has 1 aliphatic carbocycles. The summed E-state index contributed by atoms with van der Waals surface area (Å²) in [7, 11) is 0. The molecule has 1 aromatic carbocycles. The van der Waals surface area contributed by atoms with Crippen molar-refractivity contribution < 1.29 is 0 Å². The zero-order chi connectivity index (χ0) is 11.8. The summed E-state index contributed by atoms with van der Waals surface area (Å²) in [6.07, 6.45) is 5.27. The first-order chi connectivity index (χ1) is 7.58. The topological polar surface area (TPSA) is 0 Å². The zero-order valence-corrected chi connectivity index (χ0v) is 11.1. The first-order valence-electron chi connectivity index (χ1n) is 6.71. The molecule has 0 saturated carbocycles. The number of hydrogen-bond donors (Lipinski definition) is 0. The fourth-order valence-electron chi connectivity index (χ4n) is 3.19. The van der Waals surface area contributed by atoms with Crippen molar-refractivity contribution in [3.05, 3.63) is 34.9 Å². The van der Waals surface area contributed by atoms with Crippen LogP contribution < -0.4 is 0 Å². The van der Waals surface area contributed by atoms with Gasteiger partial charge < -0.3 is 0 Å². The fourth-order valence-corrected chi connectivity index (χ4v) is 3.19. The SMILES string of the molecule is CCC1(C)CCCc2cccc(C(C)C)c21. The Morgan fingerprint density at radius 2 is 2.06 bits per heavy atom. The van der Waals surface area contributed by atoms with Gasteiger partial charge >= 0.3 is 0 Å². The van der Waals surface area contributed by atoms with E-state index in [9.17, 15) is 0 Å². The second-order valence-electron chi connectivity index (χ2n) is 5.80. The molecule has 0 radical (unpaired) electrons. The monoisotopic (exact) mass is 216 g/mol. The molecule has 0 saturated heterocycles. The third-order valence-corrected chi connectivity index (χ3v) is 4.36. The molecular formula is C16H24. The van der Waals surface area contributed by atoms with Gasteiger partial charge in [0.25, 0.3) is 0 Å². The lowest BCUT2D eigenvalue weighted by Gasteiger charge is -2.38. The summed E-state index contributed by atoms with van der Waals surface area (Å²) in [5.74, 6) is 0.652. The van der Waals surface area contributed by atoms with E-state index in [1.54, 1.807) is 16.7 Å². The number of benzene rings is 1. The Hall–Kier alpha value is -0.780. The molecule has 0 nitrogen and oxygen atoms in total. The van der Waals surface area contributed by atoms with E-state index in [-0.39, 0.29) is 0 Å². The van der Waals surface area contributed by atoms with E-state index in [0.717, 1.165) is 0 Å². The first kappa shape index (κ1) is 11.7. The van der Waals surface area contributed by atoms with E-state index in [4.69, 9.17) is 0 Å². The maximum atomic E-state index is 2.46. The summed E-state index contributed by atoms with van der Waals surface area (Å²) in [5, 5.41) is 0. The van der Waals surface area contributed by atoms with E-state index in [2.05, 4.69) is 45.9 Å². The van der Waals surface area contributed by atoms with E-state index < -0.39 is 0 Å². The fraction of sp³-hybridized carbons (Fsp3) is 0.625. The largest absolute Gasteiger partial charge is 0.0645 e. The third kappa shape index (κ3) is 1.79. The van der Waals surface area contributed by atoms with E-state index in [0.29, 0.717) is 11.3 Å². The average molecular weight is 216 g/mol. The quantitative estimate of drug-likeness (QED) is 0.665. The number of hydrogen-bond acceptors (Lipinski definition) is 0. The number of fused-ring (bicyclic) bond motifs is 1. The Labute approximate surface area is 100 Å². The van der Waals surface area contributed by atoms with Crippen LogP contribution in [0.15, 0.2) is 18.2 Å². The predicted molar refractivity (Wildman–Crippen MR) is 71.1 cm³/mol. The molecule has 0 fully saturated rings. The third-order valence-electron chi connectivity index (χ3n) is 4.36. The van der Waals surface area contributed by atoms with Crippen molar-refractivity contribution in [1.29, 1.82) is 0 Å². The van der Waals surface area contributed by atoms with Crippen LogP contribution in [-0.2, 0) is 11.8 Å². The lowest BCUT2D eigenvalue weighted by atomic mass is 9.67. The molecule has 0 aliphatic heterocycles. The summed E-state index contributed by atoms with van der Waals surface area (Å²) in [6.45, 7) is 9.43.